The second-order valence-electron chi connectivity index (χ2n) is 6.29. The maximum absolute atomic E-state index is 14.2. The van der Waals surface area contributed by atoms with Crippen LogP contribution in [-0.2, 0) is 14.3 Å². The molecule has 0 amide bonds. The Kier molecular flexibility index (Phi) is 4.15. The van der Waals surface area contributed by atoms with Gasteiger partial charge >= 0.3 is 0 Å². The normalized spacial score (nSPS) is 16.1. The Morgan fingerprint density at radius 3 is 2.67 bits per heavy atom. The lowest BCUT2D eigenvalue weighted by Crippen LogP contribution is -2.17. The first-order valence-corrected chi connectivity index (χ1v) is 9.86. The summed E-state index contributed by atoms with van der Waals surface area (Å²) in [5.74, 6) is -1.82. The molecule has 0 radical (unpaired) electrons. The maximum Gasteiger partial charge on any atom is 0.264 e. The molecule has 9 heteroatoms. The number of rotatable bonds is 4. The van der Waals surface area contributed by atoms with E-state index >= 15 is 0 Å². The smallest absolute Gasteiger partial charge is 0.264 e. The Morgan fingerprint density at radius 2 is 1.93 bits per heavy atom. The van der Waals surface area contributed by atoms with Gasteiger partial charge in [0, 0.05) is 35.1 Å². The van der Waals surface area contributed by atoms with Crippen molar-refractivity contribution in [2.24, 2.45) is 0 Å². The molecule has 2 heterocycles. The van der Waals surface area contributed by atoms with Gasteiger partial charge in [-0.1, -0.05) is 0 Å². The van der Waals surface area contributed by atoms with Gasteiger partial charge in [-0.15, -0.1) is 0 Å². The maximum atomic E-state index is 14.2. The minimum Gasteiger partial charge on any atom is -0.485 e. The monoisotopic (exact) mass is 397 g/mol. The molecule has 1 aliphatic rings. The minimum atomic E-state index is -3.66. The predicted octanol–water partition coefficient (Wildman–Crippen LogP) is 4.05. The third-order valence-electron chi connectivity index (χ3n) is 4.35. The van der Waals surface area contributed by atoms with E-state index in [1.54, 1.807) is 0 Å². The molecule has 0 aliphatic carbocycles. The summed E-state index contributed by atoms with van der Waals surface area (Å²) in [6.07, 6.45) is 0.230. The minimum absolute atomic E-state index is 0.0844. The van der Waals surface area contributed by atoms with Gasteiger partial charge in [-0.3, -0.25) is 4.18 Å². The van der Waals surface area contributed by atoms with Gasteiger partial charge in [-0.05, 0) is 18.2 Å². The molecule has 0 saturated carbocycles. The van der Waals surface area contributed by atoms with E-state index < -0.39 is 33.7 Å². The average molecular weight is 397 g/mol. The summed E-state index contributed by atoms with van der Waals surface area (Å²) in [5, 5.41) is 0.279. The van der Waals surface area contributed by atoms with Crippen molar-refractivity contribution in [3.8, 4) is 17.0 Å². The predicted molar refractivity (Wildman–Crippen MR) is 92.4 cm³/mol. The van der Waals surface area contributed by atoms with Crippen molar-refractivity contribution in [2.45, 2.75) is 12.5 Å². The van der Waals surface area contributed by atoms with Crippen molar-refractivity contribution in [3.63, 3.8) is 0 Å². The highest BCUT2D eigenvalue weighted by molar-refractivity contribution is 7.85. The van der Waals surface area contributed by atoms with Crippen molar-refractivity contribution in [1.82, 2.24) is 4.98 Å². The number of ether oxygens (including phenoxy) is 1. The summed E-state index contributed by atoms with van der Waals surface area (Å²) in [7, 11) is -3.66. The number of benzene rings is 2. The van der Waals surface area contributed by atoms with Crippen molar-refractivity contribution in [2.75, 3.05) is 12.9 Å². The standard InChI is InChI=1S/C18H14F3NO4S/c1-27(23,24)25-5-4-14-16-12-6-10(20)7-13(21)17(12)22-18(16)11-3-2-9(19)8-15(11)26-14/h2-3,6-8,14,22H,4-5H2,1H3. The number of hydrogen-bond donors (Lipinski definition) is 1. The molecule has 1 atom stereocenters. The Balaban J connectivity index is 1.86. The van der Waals surface area contributed by atoms with Crippen LogP contribution in [0.4, 0.5) is 13.2 Å². The van der Waals surface area contributed by atoms with E-state index in [4.69, 9.17) is 8.92 Å². The summed E-state index contributed by atoms with van der Waals surface area (Å²) < 4.78 is 74.6. The van der Waals surface area contributed by atoms with Gasteiger partial charge in [-0.25, -0.2) is 13.2 Å². The van der Waals surface area contributed by atoms with Gasteiger partial charge < -0.3 is 9.72 Å². The van der Waals surface area contributed by atoms with Crippen LogP contribution in [0.3, 0.4) is 0 Å². The summed E-state index contributed by atoms with van der Waals surface area (Å²) >= 11 is 0. The van der Waals surface area contributed by atoms with Crippen molar-refractivity contribution in [1.29, 1.82) is 0 Å². The van der Waals surface area contributed by atoms with Crippen LogP contribution in [0.1, 0.15) is 18.1 Å². The molecule has 0 fully saturated rings. The molecule has 5 nitrogen and oxygen atoms in total. The van der Waals surface area contributed by atoms with Crippen molar-refractivity contribution in [3.05, 3.63) is 53.3 Å². The Bertz CT molecular complexity index is 1160. The first-order valence-electron chi connectivity index (χ1n) is 8.04. The fourth-order valence-corrected chi connectivity index (χ4v) is 3.71. The summed E-state index contributed by atoms with van der Waals surface area (Å²) in [6.45, 7) is -0.196. The van der Waals surface area contributed by atoms with E-state index in [0.717, 1.165) is 12.3 Å². The molecule has 1 unspecified atom stereocenters. The van der Waals surface area contributed by atoms with Crippen molar-refractivity contribution >= 4 is 21.0 Å². The second kappa shape index (κ2) is 6.28. The summed E-state index contributed by atoms with van der Waals surface area (Å²) in [5.41, 5.74) is 1.54. The van der Waals surface area contributed by atoms with Gasteiger partial charge in [0.15, 0.2) is 0 Å². The number of fused-ring (bicyclic) bond motifs is 5. The van der Waals surface area contributed by atoms with E-state index in [2.05, 4.69) is 4.98 Å². The topological polar surface area (TPSA) is 68.4 Å². The molecule has 142 valence electrons. The zero-order valence-corrected chi connectivity index (χ0v) is 14.9. The van der Waals surface area contributed by atoms with E-state index in [0.29, 0.717) is 16.8 Å². The Labute approximate surface area is 152 Å². The van der Waals surface area contributed by atoms with Crippen LogP contribution in [0.25, 0.3) is 22.2 Å². The molecular weight excluding hydrogens is 383 g/mol. The van der Waals surface area contributed by atoms with Crippen LogP contribution >= 0.6 is 0 Å². The lowest BCUT2D eigenvalue weighted by atomic mass is 9.95. The van der Waals surface area contributed by atoms with Gasteiger partial charge in [0.1, 0.15) is 29.3 Å². The largest absolute Gasteiger partial charge is 0.485 e. The van der Waals surface area contributed by atoms with Gasteiger partial charge in [0.2, 0.25) is 0 Å². The number of nitrogens with one attached hydrogen (secondary N) is 1. The highest BCUT2D eigenvalue weighted by Gasteiger charge is 2.31. The number of aromatic amines is 1. The van der Waals surface area contributed by atoms with Gasteiger partial charge in [0.25, 0.3) is 10.1 Å². The molecule has 0 saturated heterocycles. The zero-order chi connectivity index (χ0) is 19.3. The average Bonchev–Trinajstić information content (AvgIpc) is 2.93. The fourth-order valence-electron chi connectivity index (χ4n) is 3.31. The van der Waals surface area contributed by atoms with Crippen LogP contribution in [0, 0.1) is 17.5 Å². The highest BCUT2D eigenvalue weighted by atomic mass is 32.2. The van der Waals surface area contributed by atoms with Crippen LogP contribution in [0.15, 0.2) is 30.3 Å². The number of halogens is 3. The van der Waals surface area contributed by atoms with Gasteiger partial charge in [0.05, 0.1) is 24.1 Å². The SMILES string of the molecule is CS(=O)(=O)OCCC1Oc2cc(F)ccc2-c2[nH]c3c(F)cc(F)cc3c21. The van der Waals surface area contributed by atoms with Crippen molar-refractivity contribution < 1.29 is 30.5 Å². The highest BCUT2D eigenvalue weighted by Crippen LogP contribution is 2.47. The number of H-pyrrole nitrogens is 1. The molecular formula is C18H14F3NO4S. The fraction of sp³-hybridized carbons (Fsp3) is 0.222. The molecule has 3 aromatic rings. The van der Waals surface area contributed by atoms with Gasteiger partial charge in [-0.2, -0.15) is 8.42 Å². The molecule has 0 bridgehead atoms. The van der Waals surface area contributed by atoms with E-state index in [1.165, 1.54) is 24.3 Å². The Morgan fingerprint density at radius 1 is 1.15 bits per heavy atom. The number of hydrogen-bond acceptors (Lipinski definition) is 4. The van der Waals surface area contributed by atoms with Crippen LogP contribution in [0.2, 0.25) is 0 Å². The third-order valence-corrected chi connectivity index (χ3v) is 4.94. The summed E-state index contributed by atoms with van der Waals surface area (Å²) in [6, 6.07) is 5.84. The lowest BCUT2D eigenvalue weighted by Gasteiger charge is -2.26. The lowest BCUT2D eigenvalue weighted by molar-refractivity contribution is 0.164. The molecule has 1 N–H and O–H groups in total. The molecule has 4 rings (SSSR count). The molecule has 1 aliphatic heterocycles. The Hall–Kier alpha value is -2.52. The van der Waals surface area contributed by atoms with Crippen LogP contribution in [-0.4, -0.2) is 26.3 Å². The van der Waals surface area contributed by atoms with Crippen LogP contribution < -0.4 is 4.74 Å². The first kappa shape index (κ1) is 17.9. The summed E-state index contributed by atoms with van der Waals surface area (Å²) in [4.78, 5) is 2.92. The van der Waals surface area contributed by atoms with E-state index in [9.17, 15) is 21.6 Å². The zero-order valence-electron chi connectivity index (χ0n) is 14.1. The van der Waals surface area contributed by atoms with Crippen LogP contribution in [0.5, 0.6) is 5.75 Å². The third kappa shape index (κ3) is 3.28. The van der Waals surface area contributed by atoms with E-state index in [1.807, 2.05) is 0 Å². The quantitative estimate of drug-likeness (QED) is 0.675. The van der Waals surface area contributed by atoms with E-state index in [-0.39, 0.29) is 29.7 Å². The molecule has 0 spiro atoms. The molecule has 1 aromatic heterocycles. The second-order valence-corrected chi connectivity index (χ2v) is 7.93. The molecule has 2 aromatic carbocycles. The molecule has 27 heavy (non-hydrogen) atoms. The number of aromatic nitrogens is 1. The first-order chi connectivity index (χ1) is 12.7.